The quantitative estimate of drug-likeness (QED) is 0.334. The molecular weight excluding hydrogens is 448 g/mol. The molecular formula is C26H24N4O5. The Bertz CT molecular complexity index is 1500. The van der Waals surface area contributed by atoms with Crippen molar-refractivity contribution in [2.75, 3.05) is 12.5 Å². The van der Waals surface area contributed by atoms with Crippen LogP contribution in [-0.4, -0.2) is 27.6 Å². The van der Waals surface area contributed by atoms with Crippen LogP contribution in [0.1, 0.15) is 36.7 Å². The van der Waals surface area contributed by atoms with Crippen LogP contribution in [0.3, 0.4) is 0 Å². The summed E-state index contributed by atoms with van der Waals surface area (Å²) in [5, 5.41) is 11.7. The molecule has 1 aromatic heterocycles. The first-order valence-corrected chi connectivity index (χ1v) is 10.9. The minimum Gasteiger partial charge on any atom is -0.490 e. The van der Waals surface area contributed by atoms with Crippen LogP contribution in [0.25, 0.3) is 22.3 Å². The second kappa shape index (κ2) is 9.02. The van der Waals surface area contributed by atoms with Crippen molar-refractivity contribution in [1.82, 2.24) is 9.66 Å². The molecule has 4 aromatic rings. The number of amides is 1. The molecule has 0 saturated heterocycles. The Hall–Kier alpha value is -4.53. The van der Waals surface area contributed by atoms with Gasteiger partial charge in [0.25, 0.3) is 11.5 Å². The molecule has 0 bridgehead atoms. The Balaban J connectivity index is 1.83. The van der Waals surface area contributed by atoms with Crippen LogP contribution < -0.4 is 15.7 Å². The van der Waals surface area contributed by atoms with Gasteiger partial charge in [-0.2, -0.15) is 4.68 Å². The number of para-hydroxylation sites is 1. The summed E-state index contributed by atoms with van der Waals surface area (Å²) in [6.45, 7) is 6.29. The first-order chi connectivity index (χ1) is 16.6. The van der Waals surface area contributed by atoms with Crippen LogP contribution in [0.4, 0.5) is 5.69 Å². The molecule has 1 amide bonds. The number of aromatic nitrogens is 2. The maximum absolute atomic E-state index is 13.4. The van der Waals surface area contributed by atoms with Gasteiger partial charge in [-0.05, 0) is 35.2 Å². The summed E-state index contributed by atoms with van der Waals surface area (Å²) < 4.78 is 6.07. The van der Waals surface area contributed by atoms with Gasteiger partial charge in [0.1, 0.15) is 0 Å². The van der Waals surface area contributed by atoms with Crippen LogP contribution in [0.15, 0.2) is 71.5 Å². The van der Waals surface area contributed by atoms with E-state index in [0.717, 1.165) is 16.3 Å². The monoisotopic (exact) mass is 472 g/mol. The molecule has 1 N–H and O–H groups in total. The molecule has 9 heteroatoms. The standard InChI is InChI=1S/C26H24N4O5/c1-26(2,3)18-12-9-16(10-13-18)23-27-20-8-6-5-7-19(20)25(32)29(23)28-24(31)17-11-14-22(35-4)21(15-17)30(33)34/h5-15H,1-4H3,(H,28,31). The molecule has 0 fully saturated rings. The molecule has 4 rings (SSSR count). The zero-order valence-corrected chi connectivity index (χ0v) is 19.7. The number of nitro benzene ring substituents is 1. The van der Waals surface area contributed by atoms with E-state index in [-0.39, 0.29) is 28.2 Å². The maximum Gasteiger partial charge on any atom is 0.311 e. The van der Waals surface area contributed by atoms with E-state index in [4.69, 9.17) is 4.74 Å². The summed E-state index contributed by atoms with van der Waals surface area (Å²) in [6, 6.07) is 18.3. The van der Waals surface area contributed by atoms with Gasteiger partial charge in [0.2, 0.25) is 0 Å². The summed E-state index contributed by atoms with van der Waals surface area (Å²) in [6.07, 6.45) is 0. The third-order valence-corrected chi connectivity index (χ3v) is 5.64. The normalized spacial score (nSPS) is 11.3. The van der Waals surface area contributed by atoms with Crippen molar-refractivity contribution >= 4 is 22.5 Å². The molecule has 9 nitrogen and oxygen atoms in total. The van der Waals surface area contributed by atoms with E-state index in [1.54, 1.807) is 24.3 Å². The zero-order valence-electron chi connectivity index (χ0n) is 19.7. The molecule has 3 aromatic carbocycles. The largest absolute Gasteiger partial charge is 0.490 e. The van der Waals surface area contributed by atoms with Crippen LogP contribution in [0.5, 0.6) is 5.75 Å². The highest BCUT2D eigenvalue weighted by atomic mass is 16.6. The first kappa shape index (κ1) is 23.6. The van der Waals surface area contributed by atoms with Gasteiger partial charge in [-0.3, -0.25) is 25.1 Å². The highest BCUT2D eigenvalue weighted by molar-refractivity contribution is 6.01. The average Bonchev–Trinajstić information content (AvgIpc) is 2.84. The van der Waals surface area contributed by atoms with Crippen LogP contribution >= 0.6 is 0 Å². The molecule has 0 aliphatic rings. The molecule has 0 radical (unpaired) electrons. The van der Waals surface area contributed by atoms with Crippen molar-refractivity contribution < 1.29 is 14.5 Å². The lowest BCUT2D eigenvalue weighted by molar-refractivity contribution is -0.385. The SMILES string of the molecule is COc1ccc(C(=O)Nn2c(-c3ccc(C(C)(C)C)cc3)nc3ccccc3c2=O)cc1[N+](=O)[O-]. The number of carbonyl (C=O) groups is 1. The van der Waals surface area contributed by atoms with E-state index in [2.05, 4.69) is 31.2 Å². The van der Waals surface area contributed by atoms with Gasteiger partial charge < -0.3 is 4.74 Å². The molecule has 0 atom stereocenters. The van der Waals surface area contributed by atoms with Crippen molar-refractivity contribution in [2.24, 2.45) is 0 Å². The lowest BCUT2D eigenvalue weighted by Crippen LogP contribution is -2.35. The number of nitro groups is 1. The van der Waals surface area contributed by atoms with Crippen molar-refractivity contribution in [3.63, 3.8) is 0 Å². The number of carbonyl (C=O) groups excluding carboxylic acids is 1. The summed E-state index contributed by atoms with van der Waals surface area (Å²) in [5.41, 5.74) is 3.89. The van der Waals surface area contributed by atoms with Crippen molar-refractivity contribution in [1.29, 1.82) is 0 Å². The van der Waals surface area contributed by atoms with Gasteiger partial charge in [-0.15, -0.1) is 0 Å². The number of nitrogens with zero attached hydrogens (tertiary/aromatic N) is 3. The molecule has 178 valence electrons. The Kier molecular flexibility index (Phi) is 6.09. The summed E-state index contributed by atoms with van der Waals surface area (Å²) in [7, 11) is 1.31. The number of hydrogen-bond acceptors (Lipinski definition) is 6. The Morgan fingerprint density at radius 1 is 1.06 bits per heavy atom. The summed E-state index contributed by atoms with van der Waals surface area (Å²) >= 11 is 0. The topological polar surface area (TPSA) is 116 Å². The van der Waals surface area contributed by atoms with Crippen molar-refractivity contribution in [3.05, 3.63) is 98.3 Å². The number of rotatable bonds is 5. The number of benzene rings is 3. The Morgan fingerprint density at radius 3 is 2.37 bits per heavy atom. The van der Waals surface area contributed by atoms with Crippen LogP contribution in [0, 0.1) is 10.1 Å². The molecule has 0 aliphatic carbocycles. The summed E-state index contributed by atoms with van der Waals surface area (Å²) in [5.74, 6) is -0.441. The zero-order chi connectivity index (χ0) is 25.3. The van der Waals surface area contributed by atoms with Gasteiger partial charge >= 0.3 is 5.69 Å². The molecule has 1 heterocycles. The maximum atomic E-state index is 13.4. The van der Waals surface area contributed by atoms with Crippen LogP contribution in [-0.2, 0) is 5.41 Å². The highest BCUT2D eigenvalue weighted by Crippen LogP contribution is 2.28. The van der Waals surface area contributed by atoms with E-state index in [1.807, 2.05) is 24.3 Å². The van der Waals surface area contributed by atoms with Crippen molar-refractivity contribution in [3.8, 4) is 17.1 Å². The van der Waals surface area contributed by atoms with Gasteiger partial charge in [-0.25, -0.2) is 4.98 Å². The minimum atomic E-state index is -0.706. The Labute approximate surface area is 201 Å². The molecule has 35 heavy (non-hydrogen) atoms. The predicted molar refractivity (Wildman–Crippen MR) is 133 cm³/mol. The third kappa shape index (κ3) is 4.61. The van der Waals surface area contributed by atoms with Gasteiger partial charge in [0.15, 0.2) is 11.6 Å². The number of fused-ring (bicyclic) bond motifs is 1. The second-order valence-corrected chi connectivity index (χ2v) is 9.01. The van der Waals surface area contributed by atoms with Gasteiger partial charge in [-0.1, -0.05) is 57.2 Å². The molecule has 0 saturated carbocycles. The van der Waals surface area contributed by atoms with Crippen molar-refractivity contribution in [2.45, 2.75) is 26.2 Å². The van der Waals surface area contributed by atoms with E-state index >= 15 is 0 Å². The fourth-order valence-electron chi connectivity index (χ4n) is 3.69. The predicted octanol–water partition coefficient (Wildman–Crippen LogP) is 4.66. The number of hydrogen-bond donors (Lipinski definition) is 1. The molecule has 0 aliphatic heterocycles. The molecule has 0 spiro atoms. The van der Waals surface area contributed by atoms with Gasteiger partial charge in [0.05, 0.1) is 22.9 Å². The smallest absolute Gasteiger partial charge is 0.311 e. The fourth-order valence-corrected chi connectivity index (χ4v) is 3.69. The number of methoxy groups -OCH3 is 1. The van der Waals surface area contributed by atoms with Crippen LogP contribution in [0.2, 0.25) is 0 Å². The Morgan fingerprint density at radius 2 is 1.74 bits per heavy atom. The second-order valence-electron chi connectivity index (χ2n) is 9.01. The molecule has 0 unspecified atom stereocenters. The van der Waals surface area contributed by atoms with E-state index in [1.165, 1.54) is 19.2 Å². The highest BCUT2D eigenvalue weighted by Gasteiger charge is 2.21. The summed E-state index contributed by atoms with van der Waals surface area (Å²) in [4.78, 5) is 41.8. The number of ether oxygens (including phenoxy) is 1. The first-order valence-electron chi connectivity index (χ1n) is 10.9. The van der Waals surface area contributed by atoms with E-state index < -0.39 is 16.4 Å². The van der Waals surface area contributed by atoms with E-state index in [0.29, 0.717) is 16.5 Å². The van der Waals surface area contributed by atoms with Gasteiger partial charge in [0, 0.05) is 17.2 Å². The fraction of sp³-hybridized carbons (Fsp3) is 0.192. The third-order valence-electron chi connectivity index (χ3n) is 5.64. The lowest BCUT2D eigenvalue weighted by Gasteiger charge is -2.20. The minimum absolute atomic E-state index is 0.00779. The lowest BCUT2D eigenvalue weighted by atomic mass is 9.86. The van der Waals surface area contributed by atoms with E-state index in [9.17, 15) is 19.7 Å². The number of nitrogens with one attached hydrogen (secondary N) is 1. The average molecular weight is 473 g/mol.